The van der Waals surface area contributed by atoms with Gasteiger partial charge in [-0.25, -0.2) is 4.79 Å². The fourth-order valence-electron chi connectivity index (χ4n) is 2.15. The molecule has 0 bridgehead atoms. The summed E-state index contributed by atoms with van der Waals surface area (Å²) in [4.78, 5) is 15.8. The maximum atomic E-state index is 11.9. The van der Waals surface area contributed by atoms with Gasteiger partial charge >= 0.3 is 6.09 Å². The van der Waals surface area contributed by atoms with Crippen molar-refractivity contribution in [3.05, 3.63) is 0 Å². The molecule has 1 saturated heterocycles. The number of nitrogens with zero attached hydrogens (tertiary/aromatic N) is 2. The van der Waals surface area contributed by atoms with Gasteiger partial charge in [0, 0.05) is 25.0 Å². The molecule has 0 aliphatic carbocycles. The summed E-state index contributed by atoms with van der Waals surface area (Å²) in [5, 5.41) is 0. The van der Waals surface area contributed by atoms with E-state index in [1.807, 2.05) is 34.9 Å². The summed E-state index contributed by atoms with van der Waals surface area (Å²) >= 11 is 0. The number of carbonyl (C=O) groups is 1. The first-order chi connectivity index (χ1) is 7.74. The minimum Gasteiger partial charge on any atom is -0.444 e. The van der Waals surface area contributed by atoms with Crippen molar-refractivity contribution in [3.63, 3.8) is 0 Å². The van der Waals surface area contributed by atoms with E-state index in [1.54, 1.807) is 4.90 Å². The first kappa shape index (κ1) is 14.3. The molecule has 0 radical (unpaired) electrons. The number of carbonyl (C=O) groups excluding carboxylic acids is 1. The molecule has 1 aliphatic rings. The van der Waals surface area contributed by atoms with E-state index in [-0.39, 0.29) is 6.09 Å². The molecule has 0 saturated carbocycles. The lowest BCUT2D eigenvalue weighted by atomic mass is 10.0. The predicted octanol–water partition coefficient (Wildman–Crippen LogP) is 0.742. The monoisotopic (exact) mass is 243 g/mol. The Morgan fingerprint density at radius 1 is 1.41 bits per heavy atom. The molecule has 2 N–H and O–H groups in total. The van der Waals surface area contributed by atoms with E-state index in [2.05, 4.69) is 4.90 Å². The maximum Gasteiger partial charge on any atom is 0.410 e. The lowest BCUT2D eigenvalue weighted by Gasteiger charge is -2.25. The second-order valence-electron chi connectivity index (χ2n) is 5.91. The number of hydrogen-bond acceptors (Lipinski definition) is 4. The second-order valence-corrected chi connectivity index (χ2v) is 5.91. The molecular formula is C12H25N3O2. The minimum atomic E-state index is -0.439. The Morgan fingerprint density at radius 2 is 2.00 bits per heavy atom. The van der Waals surface area contributed by atoms with E-state index >= 15 is 0 Å². The van der Waals surface area contributed by atoms with Crippen LogP contribution in [0.1, 0.15) is 20.8 Å². The lowest BCUT2D eigenvalue weighted by Crippen LogP contribution is -2.39. The van der Waals surface area contributed by atoms with Crippen LogP contribution in [0.5, 0.6) is 0 Å². The van der Waals surface area contributed by atoms with Crippen LogP contribution in [0.4, 0.5) is 4.79 Å². The summed E-state index contributed by atoms with van der Waals surface area (Å²) in [6.07, 6.45) is -0.236. The minimum absolute atomic E-state index is 0.236. The predicted molar refractivity (Wildman–Crippen MR) is 67.8 cm³/mol. The van der Waals surface area contributed by atoms with Crippen LogP contribution in [-0.2, 0) is 4.74 Å². The normalized spacial score (nSPS) is 25.5. The molecular weight excluding hydrogens is 218 g/mol. The van der Waals surface area contributed by atoms with Gasteiger partial charge in [-0.05, 0) is 41.4 Å². The molecule has 5 heteroatoms. The number of amides is 1. The molecule has 5 nitrogen and oxygen atoms in total. The maximum absolute atomic E-state index is 11.9. The van der Waals surface area contributed by atoms with Gasteiger partial charge in [-0.1, -0.05) is 0 Å². The standard InChI is InChI=1S/C12H25N3O2/c1-12(2,3)17-11(16)15-7-9(6-13)10(8-15)14(4)5/h9-10H,6-8,13H2,1-5H3/t9-,10-/m1/s1. The largest absolute Gasteiger partial charge is 0.444 e. The molecule has 17 heavy (non-hydrogen) atoms. The van der Waals surface area contributed by atoms with E-state index in [0.29, 0.717) is 31.6 Å². The second kappa shape index (κ2) is 5.23. The molecule has 1 aliphatic heterocycles. The molecule has 0 aromatic carbocycles. The Hall–Kier alpha value is -0.810. The Balaban J connectivity index is 2.61. The summed E-state index contributed by atoms with van der Waals surface area (Å²) in [7, 11) is 4.04. The Kier molecular flexibility index (Phi) is 4.38. The quantitative estimate of drug-likeness (QED) is 0.777. The fraction of sp³-hybridized carbons (Fsp3) is 0.917. The topological polar surface area (TPSA) is 58.8 Å². The highest BCUT2D eigenvalue weighted by Gasteiger charge is 2.37. The third-order valence-corrected chi connectivity index (χ3v) is 3.02. The van der Waals surface area contributed by atoms with Crippen molar-refractivity contribution in [2.45, 2.75) is 32.4 Å². The molecule has 0 spiro atoms. The van der Waals surface area contributed by atoms with E-state index in [1.165, 1.54) is 0 Å². The summed E-state index contributed by atoms with van der Waals surface area (Å²) < 4.78 is 5.37. The van der Waals surface area contributed by atoms with E-state index < -0.39 is 5.60 Å². The highest BCUT2D eigenvalue weighted by molar-refractivity contribution is 5.68. The summed E-state index contributed by atoms with van der Waals surface area (Å²) in [5.74, 6) is 0.331. The summed E-state index contributed by atoms with van der Waals surface area (Å²) in [6, 6.07) is 0.326. The van der Waals surface area contributed by atoms with Crippen molar-refractivity contribution in [3.8, 4) is 0 Å². The average Bonchev–Trinajstić information content (AvgIpc) is 2.58. The van der Waals surface area contributed by atoms with Gasteiger partial charge in [0.1, 0.15) is 5.60 Å². The Morgan fingerprint density at radius 3 is 2.35 bits per heavy atom. The SMILES string of the molecule is CN(C)[C@@H]1CN(C(=O)OC(C)(C)C)C[C@H]1CN. The molecule has 1 fully saturated rings. The van der Waals surface area contributed by atoms with Gasteiger partial charge in [0.15, 0.2) is 0 Å². The zero-order valence-corrected chi connectivity index (χ0v) is 11.6. The summed E-state index contributed by atoms with van der Waals surface area (Å²) in [5.41, 5.74) is 5.31. The molecule has 0 aromatic rings. The van der Waals surface area contributed by atoms with Gasteiger partial charge in [-0.15, -0.1) is 0 Å². The van der Waals surface area contributed by atoms with Crippen LogP contribution in [0.25, 0.3) is 0 Å². The average molecular weight is 243 g/mol. The van der Waals surface area contributed by atoms with Crippen LogP contribution in [0.15, 0.2) is 0 Å². The molecule has 1 amide bonds. The van der Waals surface area contributed by atoms with E-state index in [0.717, 1.165) is 0 Å². The van der Waals surface area contributed by atoms with Crippen molar-refractivity contribution in [1.82, 2.24) is 9.80 Å². The van der Waals surface area contributed by atoms with Gasteiger partial charge in [0.25, 0.3) is 0 Å². The number of likely N-dealkylation sites (N-methyl/N-ethyl adjacent to an activating group) is 1. The van der Waals surface area contributed by atoms with Gasteiger partial charge in [-0.2, -0.15) is 0 Å². The van der Waals surface area contributed by atoms with Crippen LogP contribution in [0.2, 0.25) is 0 Å². The first-order valence-corrected chi connectivity index (χ1v) is 6.09. The first-order valence-electron chi connectivity index (χ1n) is 6.09. The van der Waals surface area contributed by atoms with Crippen LogP contribution in [0.3, 0.4) is 0 Å². The van der Waals surface area contributed by atoms with Crippen molar-refractivity contribution < 1.29 is 9.53 Å². The molecule has 0 aromatic heterocycles. The van der Waals surface area contributed by atoms with E-state index in [4.69, 9.17) is 10.5 Å². The zero-order valence-electron chi connectivity index (χ0n) is 11.6. The van der Waals surface area contributed by atoms with Crippen molar-refractivity contribution in [2.24, 2.45) is 11.7 Å². The van der Waals surface area contributed by atoms with Crippen molar-refractivity contribution in [1.29, 1.82) is 0 Å². The molecule has 0 unspecified atom stereocenters. The third-order valence-electron chi connectivity index (χ3n) is 3.02. The fourth-order valence-corrected chi connectivity index (χ4v) is 2.15. The van der Waals surface area contributed by atoms with Gasteiger partial charge in [0.2, 0.25) is 0 Å². The van der Waals surface area contributed by atoms with E-state index in [9.17, 15) is 4.79 Å². The number of likely N-dealkylation sites (tertiary alicyclic amines) is 1. The lowest BCUT2D eigenvalue weighted by molar-refractivity contribution is 0.0282. The number of rotatable bonds is 2. The van der Waals surface area contributed by atoms with Crippen LogP contribution in [0, 0.1) is 5.92 Å². The Bertz CT molecular complexity index is 273. The van der Waals surface area contributed by atoms with Crippen molar-refractivity contribution in [2.75, 3.05) is 33.7 Å². The zero-order chi connectivity index (χ0) is 13.2. The molecule has 100 valence electrons. The molecule has 2 atom stereocenters. The van der Waals surface area contributed by atoms with Gasteiger partial charge in [-0.3, -0.25) is 0 Å². The highest BCUT2D eigenvalue weighted by atomic mass is 16.6. The van der Waals surface area contributed by atoms with Crippen LogP contribution < -0.4 is 5.73 Å². The Labute approximate surface area is 104 Å². The smallest absolute Gasteiger partial charge is 0.410 e. The van der Waals surface area contributed by atoms with Gasteiger partial charge < -0.3 is 20.3 Å². The number of ether oxygens (including phenoxy) is 1. The van der Waals surface area contributed by atoms with Crippen LogP contribution in [-0.4, -0.2) is 61.3 Å². The van der Waals surface area contributed by atoms with Gasteiger partial charge in [0.05, 0.1) is 0 Å². The number of nitrogens with two attached hydrogens (primary N) is 1. The summed E-state index contributed by atoms with van der Waals surface area (Å²) in [6.45, 7) is 7.63. The van der Waals surface area contributed by atoms with Crippen molar-refractivity contribution >= 4 is 6.09 Å². The van der Waals surface area contributed by atoms with Crippen LogP contribution >= 0.6 is 0 Å². The molecule has 1 rings (SSSR count). The highest BCUT2D eigenvalue weighted by Crippen LogP contribution is 2.21. The molecule has 1 heterocycles. The third kappa shape index (κ3) is 3.85. The number of hydrogen-bond donors (Lipinski definition) is 1.